The maximum atomic E-state index is 11.6. The van der Waals surface area contributed by atoms with Gasteiger partial charge in [0.05, 0.1) is 44.7 Å². The summed E-state index contributed by atoms with van der Waals surface area (Å²) >= 11 is 0. The Morgan fingerprint density at radius 1 is 0.640 bits per heavy atom. The average Bonchev–Trinajstić information content (AvgIpc) is 3.92. The molecule has 0 bridgehead atoms. The summed E-state index contributed by atoms with van der Waals surface area (Å²) in [5.41, 5.74) is 1.11. The van der Waals surface area contributed by atoms with E-state index in [0.29, 0.717) is 43.4 Å². The van der Waals surface area contributed by atoms with Gasteiger partial charge in [0.25, 0.3) is 0 Å². The van der Waals surface area contributed by atoms with Crippen LogP contribution in [0.3, 0.4) is 0 Å². The Hall–Kier alpha value is -1.18. The molecule has 23 heteroatoms. The maximum Gasteiger partial charge on any atom is 0.187 e. The van der Waals surface area contributed by atoms with Gasteiger partial charge in [0.1, 0.15) is 91.6 Å². The maximum absolute atomic E-state index is 11.6. The Morgan fingerprint density at radius 3 is 1.85 bits per heavy atom. The van der Waals surface area contributed by atoms with Gasteiger partial charge in [-0.25, -0.2) is 0 Å². The Morgan fingerprint density at radius 2 is 1.21 bits per heavy atom. The van der Waals surface area contributed by atoms with Crippen LogP contribution in [0.1, 0.15) is 92.4 Å². The lowest BCUT2D eigenvalue weighted by atomic mass is 9.47. The fourth-order valence-electron chi connectivity index (χ4n) is 15.3. The van der Waals surface area contributed by atoms with Crippen molar-refractivity contribution < 1.29 is 114 Å². The number of hydrogen-bond donors (Lipinski definition) is 13. The first-order valence-corrected chi connectivity index (χ1v) is 27.3. The highest BCUT2D eigenvalue weighted by Gasteiger charge is 2.68. The first kappa shape index (κ1) is 58.5. The van der Waals surface area contributed by atoms with E-state index < -0.39 is 155 Å². The van der Waals surface area contributed by atoms with Gasteiger partial charge in [0.15, 0.2) is 30.9 Å². The molecule has 75 heavy (non-hydrogen) atoms. The number of aliphatic hydroxyl groups is 13. The van der Waals surface area contributed by atoms with Gasteiger partial charge in [0.2, 0.25) is 0 Å². The van der Waals surface area contributed by atoms with Crippen molar-refractivity contribution in [3.63, 3.8) is 0 Å². The van der Waals surface area contributed by atoms with E-state index in [1.54, 1.807) is 7.11 Å². The van der Waals surface area contributed by atoms with Crippen LogP contribution >= 0.6 is 0 Å². The Kier molecular flexibility index (Phi) is 17.9. The molecular formula is C52H86O23. The molecule has 0 aromatic rings. The van der Waals surface area contributed by atoms with Crippen molar-refractivity contribution in [2.75, 3.05) is 33.5 Å². The Balaban J connectivity index is 0.871. The summed E-state index contributed by atoms with van der Waals surface area (Å²) in [5.74, 6) is 0.765. The van der Waals surface area contributed by atoms with Crippen molar-refractivity contribution in [3.05, 3.63) is 11.6 Å². The lowest BCUT2D eigenvalue weighted by Gasteiger charge is -2.58. The zero-order valence-corrected chi connectivity index (χ0v) is 43.8. The predicted molar refractivity (Wildman–Crippen MR) is 255 cm³/mol. The zero-order chi connectivity index (χ0) is 54.2. The highest BCUT2D eigenvalue weighted by atomic mass is 16.8. The summed E-state index contributed by atoms with van der Waals surface area (Å²) in [4.78, 5) is 0. The summed E-state index contributed by atoms with van der Waals surface area (Å²) in [7, 11) is 1.71. The standard InChI is InChI=1S/C52H86O23/c1-21(20-67-46-41(63)39(61)35(57)30(17-53)70-46)9-14-52(66-6)22(2)33-29(75-52)16-28-26-8-7-24-15-25(10-12-50(24,4)27(26)11-13-51(28,33)5)69-49-45(74-47-42(64)38(60)34(56)23(3)68-47)44(37(59)32(19-55)72-49)73-48-43(65)40(62)36(58)31(18-54)71-48/h7,21-23,25-49,53-65H,8-20H2,1-6H3/t21-,22-,23-,25+,26+,27-,28-,29-,30-,31-,32-,33-,34-,35-,36-,37-,38+,39+,40+,41-,42-,43-,44+,45-,46-,47+,48+,49-,50+,51+,52+/m0/s1. The molecule has 5 heterocycles. The first-order chi connectivity index (χ1) is 35.6. The van der Waals surface area contributed by atoms with Crippen molar-refractivity contribution >= 4 is 0 Å². The minimum atomic E-state index is -1.88. The molecule has 5 aliphatic heterocycles. The number of rotatable bonds is 16. The molecular weight excluding hydrogens is 993 g/mol. The van der Waals surface area contributed by atoms with E-state index in [1.807, 2.05) is 6.92 Å². The van der Waals surface area contributed by atoms with Crippen molar-refractivity contribution in [2.45, 2.75) is 233 Å². The largest absolute Gasteiger partial charge is 0.394 e. The second-order valence-electron chi connectivity index (χ2n) is 24.0. The van der Waals surface area contributed by atoms with Crippen LogP contribution in [0.5, 0.6) is 0 Å². The molecule has 0 aromatic heterocycles. The summed E-state index contributed by atoms with van der Waals surface area (Å²) in [6.45, 7) is 8.74. The highest BCUT2D eigenvalue weighted by Crippen LogP contribution is 2.70. The van der Waals surface area contributed by atoms with E-state index in [2.05, 4.69) is 26.8 Å². The number of allylic oxidation sites excluding steroid dienone is 1. The highest BCUT2D eigenvalue weighted by molar-refractivity contribution is 5.26. The van der Waals surface area contributed by atoms with Crippen molar-refractivity contribution in [2.24, 2.45) is 46.3 Å². The molecule has 8 fully saturated rings. The van der Waals surface area contributed by atoms with Crippen LogP contribution in [0.4, 0.5) is 0 Å². The fraction of sp³-hybridized carbons (Fsp3) is 0.962. The van der Waals surface area contributed by atoms with Crippen molar-refractivity contribution in [1.82, 2.24) is 0 Å². The van der Waals surface area contributed by atoms with Crippen molar-refractivity contribution in [1.29, 1.82) is 0 Å². The Bertz CT molecular complexity index is 1930. The van der Waals surface area contributed by atoms with E-state index >= 15 is 0 Å². The van der Waals surface area contributed by atoms with Crippen LogP contribution in [-0.4, -0.2) is 241 Å². The molecule has 23 nitrogen and oxygen atoms in total. The normalized spacial score (nSPS) is 54.3. The van der Waals surface area contributed by atoms with Crippen LogP contribution in [0, 0.1) is 46.3 Å². The van der Waals surface area contributed by atoms with Gasteiger partial charge in [-0.2, -0.15) is 0 Å². The molecule has 432 valence electrons. The number of ether oxygens (including phenoxy) is 10. The average molecular weight is 1080 g/mol. The van der Waals surface area contributed by atoms with E-state index in [1.165, 1.54) is 12.5 Å². The fourth-order valence-corrected chi connectivity index (χ4v) is 15.3. The van der Waals surface area contributed by atoms with E-state index in [4.69, 9.17) is 47.4 Å². The van der Waals surface area contributed by atoms with Gasteiger partial charge in [-0.05, 0) is 98.7 Å². The topological polar surface area (TPSA) is 355 Å². The second-order valence-corrected chi connectivity index (χ2v) is 24.0. The van der Waals surface area contributed by atoms with Gasteiger partial charge < -0.3 is 114 Å². The van der Waals surface area contributed by atoms with Gasteiger partial charge in [0, 0.05) is 19.4 Å². The van der Waals surface area contributed by atoms with Crippen LogP contribution in [-0.2, 0) is 47.4 Å². The van der Waals surface area contributed by atoms with Gasteiger partial charge >= 0.3 is 0 Å². The Labute approximate surface area is 437 Å². The third-order valence-corrected chi connectivity index (χ3v) is 19.8. The molecule has 0 amide bonds. The predicted octanol–water partition coefficient (Wildman–Crippen LogP) is -2.35. The molecule has 0 radical (unpaired) electrons. The second kappa shape index (κ2) is 23.0. The van der Waals surface area contributed by atoms with Gasteiger partial charge in [-0.1, -0.05) is 39.3 Å². The summed E-state index contributed by atoms with van der Waals surface area (Å²) < 4.78 is 61.6. The molecule has 3 saturated carbocycles. The summed E-state index contributed by atoms with van der Waals surface area (Å²) in [6.07, 6.45) is -21.5. The van der Waals surface area contributed by atoms with E-state index in [-0.39, 0.29) is 41.3 Å². The molecule has 0 unspecified atom stereocenters. The summed E-state index contributed by atoms with van der Waals surface area (Å²) in [6, 6.07) is 0. The quantitative estimate of drug-likeness (QED) is 0.0720. The number of methoxy groups -OCH3 is 1. The minimum Gasteiger partial charge on any atom is -0.394 e. The molecule has 13 N–H and O–H groups in total. The lowest BCUT2D eigenvalue weighted by Crippen LogP contribution is -2.67. The third kappa shape index (κ3) is 10.5. The molecule has 4 aliphatic carbocycles. The minimum absolute atomic E-state index is 0.00228. The molecule has 0 spiro atoms. The van der Waals surface area contributed by atoms with Gasteiger partial charge in [-0.15, -0.1) is 0 Å². The zero-order valence-electron chi connectivity index (χ0n) is 43.8. The van der Waals surface area contributed by atoms with Crippen LogP contribution in [0.15, 0.2) is 11.6 Å². The smallest absolute Gasteiger partial charge is 0.187 e. The van der Waals surface area contributed by atoms with E-state index in [0.717, 1.165) is 32.1 Å². The summed E-state index contributed by atoms with van der Waals surface area (Å²) in [5, 5.41) is 137. The number of hydrogen-bond acceptors (Lipinski definition) is 23. The van der Waals surface area contributed by atoms with Crippen molar-refractivity contribution in [3.8, 4) is 0 Å². The van der Waals surface area contributed by atoms with E-state index in [9.17, 15) is 66.4 Å². The SMILES string of the molecule is CO[C@]1(CC[C@H](C)CO[C@H]2O[C@@H](CO)[C@H](O)[C@@H](O)[C@@H]2O)O[C@H]2C[C@H]3[C@@H]4CC=C5C[C@H](O[C@H]6O[C@@H](CO)[C@H](O)[C@@H](O[C@H]7O[C@@H](CO)[C@H](O)[C@@H](O)[C@@H]7O)[C@@H]6O[C@H]6O[C@@H](C)[C@H](O)[C@@H](O)[C@@H]6O)CC[C@@]5(C)[C@H]4CC[C@@]3(C)[C@H]2[C@@H]1C. The molecule has 9 aliphatic rings. The van der Waals surface area contributed by atoms with Crippen LogP contribution in [0.2, 0.25) is 0 Å². The molecule has 31 atom stereocenters. The number of aliphatic hydroxyl groups excluding tert-OH is 13. The molecule has 0 aromatic carbocycles. The monoisotopic (exact) mass is 1080 g/mol. The van der Waals surface area contributed by atoms with Crippen LogP contribution < -0.4 is 0 Å². The first-order valence-electron chi connectivity index (χ1n) is 27.3. The molecule has 9 rings (SSSR count). The third-order valence-electron chi connectivity index (χ3n) is 19.8. The lowest BCUT2D eigenvalue weighted by molar-refractivity contribution is -0.394. The van der Waals surface area contributed by atoms with Crippen LogP contribution in [0.25, 0.3) is 0 Å². The van der Waals surface area contributed by atoms with Gasteiger partial charge in [-0.3, -0.25) is 0 Å². The molecule has 5 saturated heterocycles. The number of fused-ring (bicyclic) bond motifs is 7.